The molecule has 1 aromatic rings. The predicted octanol–water partition coefficient (Wildman–Crippen LogP) is 3.82. The summed E-state index contributed by atoms with van der Waals surface area (Å²) in [5, 5.41) is 0. The summed E-state index contributed by atoms with van der Waals surface area (Å²) in [4.78, 5) is 4.41. The largest absolute Gasteiger partial charge is 0.457 e. The van der Waals surface area contributed by atoms with Gasteiger partial charge in [-0.2, -0.15) is 0 Å². The van der Waals surface area contributed by atoms with Crippen LogP contribution in [0.3, 0.4) is 0 Å². The topological polar surface area (TPSA) is 21.6 Å². The van der Waals surface area contributed by atoms with Gasteiger partial charge in [0, 0.05) is 23.9 Å². The summed E-state index contributed by atoms with van der Waals surface area (Å²) in [5.74, 6) is 1.53. The van der Waals surface area contributed by atoms with E-state index in [0.29, 0.717) is 5.76 Å². The van der Waals surface area contributed by atoms with Gasteiger partial charge in [-0.3, -0.25) is 4.99 Å². The lowest BCUT2D eigenvalue weighted by Gasteiger charge is -2.15. The number of para-hydroxylation sites is 1. The average Bonchev–Trinajstić information content (AvgIpc) is 2.35. The number of fused-ring (bicyclic) bond motifs is 1. The number of hydrogen-bond donors (Lipinski definition) is 0. The lowest BCUT2D eigenvalue weighted by atomic mass is 10.1. The smallest absolute Gasteiger partial charge is 0.143 e. The van der Waals surface area contributed by atoms with Crippen molar-refractivity contribution in [2.45, 2.75) is 19.8 Å². The third-order valence-corrected chi connectivity index (χ3v) is 2.63. The maximum atomic E-state index is 5.65. The predicted molar refractivity (Wildman–Crippen MR) is 72.6 cm³/mol. The van der Waals surface area contributed by atoms with E-state index < -0.39 is 0 Å². The molecule has 0 unspecified atom stereocenters. The Hall–Kier alpha value is -1.83. The third kappa shape index (κ3) is 2.84. The molecule has 2 rings (SSSR count). The SMILES string of the molecule is C=C1C=Cc2cccc(C=NCCCC)c2O1. The molecule has 17 heavy (non-hydrogen) atoms. The molecule has 1 aliphatic heterocycles. The summed E-state index contributed by atoms with van der Waals surface area (Å²) < 4.78 is 5.65. The highest BCUT2D eigenvalue weighted by Crippen LogP contribution is 2.29. The summed E-state index contributed by atoms with van der Waals surface area (Å²) in [6.07, 6.45) is 8.07. The van der Waals surface area contributed by atoms with Crippen LogP contribution in [0, 0.1) is 0 Å². The zero-order chi connectivity index (χ0) is 12.1. The summed E-state index contributed by atoms with van der Waals surface area (Å²) in [6, 6.07) is 6.06. The first-order chi connectivity index (χ1) is 8.31. The van der Waals surface area contributed by atoms with Gasteiger partial charge < -0.3 is 4.74 Å². The molecule has 2 heteroatoms. The Morgan fingerprint density at radius 2 is 2.24 bits per heavy atom. The minimum atomic E-state index is 0.673. The quantitative estimate of drug-likeness (QED) is 0.566. The first-order valence-corrected chi connectivity index (χ1v) is 5.99. The Bertz CT molecular complexity index is 472. The fourth-order valence-electron chi connectivity index (χ4n) is 1.68. The Labute approximate surface area is 102 Å². The summed E-state index contributed by atoms with van der Waals surface area (Å²) >= 11 is 0. The second kappa shape index (κ2) is 5.48. The van der Waals surface area contributed by atoms with Crippen LogP contribution in [-0.2, 0) is 0 Å². The molecule has 0 saturated heterocycles. The monoisotopic (exact) mass is 227 g/mol. The molecule has 88 valence electrons. The molecular weight excluding hydrogens is 210 g/mol. The van der Waals surface area contributed by atoms with Crippen molar-refractivity contribution < 1.29 is 4.74 Å². The molecule has 0 amide bonds. The zero-order valence-corrected chi connectivity index (χ0v) is 10.1. The molecule has 0 saturated carbocycles. The molecule has 0 spiro atoms. The maximum Gasteiger partial charge on any atom is 0.143 e. The van der Waals surface area contributed by atoms with Gasteiger partial charge in [-0.15, -0.1) is 0 Å². The second-order valence-corrected chi connectivity index (χ2v) is 4.06. The van der Waals surface area contributed by atoms with Crippen molar-refractivity contribution in [3.05, 3.63) is 47.7 Å². The Morgan fingerprint density at radius 3 is 3.06 bits per heavy atom. The van der Waals surface area contributed by atoms with Crippen LogP contribution < -0.4 is 4.74 Å². The molecule has 0 radical (unpaired) electrons. The van der Waals surface area contributed by atoms with Crippen molar-refractivity contribution in [1.82, 2.24) is 0 Å². The van der Waals surface area contributed by atoms with Crippen LogP contribution in [0.1, 0.15) is 30.9 Å². The fraction of sp³-hybridized carbons (Fsp3) is 0.267. The second-order valence-electron chi connectivity index (χ2n) is 4.06. The van der Waals surface area contributed by atoms with E-state index in [1.165, 1.54) is 6.42 Å². The van der Waals surface area contributed by atoms with Gasteiger partial charge in [0.15, 0.2) is 0 Å². The number of rotatable bonds is 4. The summed E-state index contributed by atoms with van der Waals surface area (Å²) in [7, 11) is 0. The maximum absolute atomic E-state index is 5.65. The van der Waals surface area contributed by atoms with Crippen LogP contribution in [0.2, 0.25) is 0 Å². The fourth-order valence-corrected chi connectivity index (χ4v) is 1.68. The van der Waals surface area contributed by atoms with E-state index in [4.69, 9.17) is 4.74 Å². The minimum Gasteiger partial charge on any atom is -0.457 e. The minimum absolute atomic E-state index is 0.673. The van der Waals surface area contributed by atoms with E-state index in [0.717, 1.165) is 29.8 Å². The van der Waals surface area contributed by atoms with Gasteiger partial charge in [-0.05, 0) is 24.6 Å². The van der Waals surface area contributed by atoms with Gasteiger partial charge in [0.1, 0.15) is 11.5 Å². The van der Waals surface area contributed by atoms with Crippen LogP contribution in [0.25, 0.3) is 6.08 Å². The van der Waals surface area contributed by atoms with Gasteiger partial charge in [-0.1, -0.05) is 32.1 Å². The lowest BCUT2D eigenvalue weighted by molar-refractivity contribution is 0.442. The Kier molecular flexibility index (Phi) is 3.76. The first kappa shape index (κ1) is 11.6. The van der Waals surface area contributed by atoms with Crippen molar-refractivity contribution in [3.63, 3.8) is 0 Å². The Balaban J connectivity index is 2.21. The number of benzene rings is 1. The van der Waals surface area contributed by atoms with Gasteiger partial charge in [0.05, 0.1) is 0 Å². The highest BCUT2D eigenvalue weighted by atomic mass is 16.5. The van der Waals surface area contributed by atoms with Crippen molar-refractivity contribution in [2.75, 3.05) is 6.54 Å². The van der Waals surface area contributed by atoms with E-state index in [-0.39, 0.29) is 0 Å². The number of unbranched alkanes of at least 4 members (excludes halogenated alkanes) is 1. The summed E-state index contributed by atoms with van der Waals surface area (Å²) in [5.41, 5.74) is 2.10. The van der Waals surface area contributed by atoms with E-state index in [1.807, 2.05) is 36.6 Å². The highest BCUT2D eigenvalue weighted by Gasteiger charge is 2.11. The van der Waals surface area contributed by atoms with Crippen LogP contribution in [0.15, 0.2) is 41.6 Å². The lowest BCUT2D eigenvalue weighted by Crippen LogP contribution is -2.01. The van der Waals surface area contributed by atoms with Gasteiger partial charge in [0.25, 0.3) is 0 Å². The van der Waals surface area contributed by atoms with E-state index in [1.54, 1.807) is 0 Å². The molecule has 0 bridgehead atoms. The first-order valence-electron chi connectivity index (χ1n) is 5.99. The molecule has 2 nitrogen and oxygen atoms in total. The third-order valence-electron chi connectivity index (χ3n) is 2.63. The van der Waals surface area contributed by atoms with Crippen LogP contribution in [0.5, 0.6) is 5.75 Å². The molecule has 0 aromatic heterocycles. The number of hydrogen-bond acceptors (Lipinski definition) is 2. The van der Waals surface area contributed by atoms with E-state index in [9.17, 15) is 0 Å². The average molecular weight is 227 g/mol. The Morgan fingerprint density at radius 1 is 1.35 bits per heavy atom. The molecule has 0 aliphatic carbocycles. The standard InChI is InChI=1S/C15H17NO/c1-3-4-10-16-11-14-7-5-6-13-9-8-12(2)17-15(13)14/h5-9,11H,2-4,10H2,1H3. The molecule has 0 fully saturated rings. The molecule has 0 N–H and O–H groups in total. The molecule has 0 atom stereocenters. The zero-order valence-electron chi connectivity index (χ0n) is 10.1. The molecule has 1 heterocycles. The van der Waals surface area contributed by atoms with Crippen LogP contribution in [-0.4, -0.2) is 12.8 Å². The molecule has 1 aromatic carbocycles. The number of nitrogens with zero attached hydrogens (tertiary/aromatic N) is 1. The number of aliphatic imine (C=N–C) groups is 1. The van der Waals surface area contributed by atoms with Crippen molar-refractivity contribution in [1.29, 1.82) is 0 Å². The molecule has 1 aliphatic rings. The number of allylic oxidation sites excluding steroid dienone is 1. The summed E-state index contributed by atoms with van der Waals surface area (Å²) in [6.45, 7) is 6.85. The van der Waals surface area contributed by atoms with E-state index in [2.05, 4.69) is 18.5 Å². The van der Waals surface area contributed by atoms with Crippen LogP contribution in [0.4, 0.5) is 0 Å². The van der Waals surface area contributed by atoms with Crippen molar-refractivity contribution in [3.8, 4) is 5.75 Å². The molecular formula is C15H17NO. The van der Waals surface area contributed by atoms with Crippen molar-refractivity contribution >= 4 is 12.3 Å². The highest BCUT2D eigenvalue weighted by molar-refractivity contribution is 5.86. The van der Waals surface area contributed by atoms with Gasteiger partial charge in [0.2, 0.25) is 0 Å². The van der Waals surface area contributed by atoms with Gasteiger partial charge in [-0.25, -0.2) is 0 Å². The van der Waals surface area contributed by atoms with Gasteiger partial charge >= 0.3 is 0 Å². The van der Waals surface area contributed by atoms with E-state index >= 15 is 0 Å². The number of ether oxygens (including phenoxy) is 1. The van der Waals surface area contributed by atoms with Crippen LogP contribution >= 0.6 is 0 Å². The van der Waals surface area contributed by atoms with Crippen molar-refractivity contribution in [2.24, 2.45) is 4.99 Å². The normalized spacial score (nSPS) is 13.8.